The first-order valence-electron chi connectivity index (χ1n) is 8.16. The first-order valence-corrected chi connectivity index (χ1v) is 8.16. The van der Waals surface area contributed by atoms with E-state index in [-0.39, 0.29) is 23.4 Å². The number of aromatic hydroxyl groups is 1. The quantitative estimate of drug-likeness (QED) is 0.136. The highest BCUT2D eigenvalue weighted by Crippen LogP contribution is 2.39. The zero-order chi connectivity index (χ0) is 20.3. The number of hydrazone groups is 1. The van der Waals surface area contributed by atoms with Gasteiger partial charge in [-0.15, -0.1) is 0 Å². The molecule has 0 bridgehead atoms. The monoisotopic (exact) mass is 383 g/mol. The number of rotatable bonds is 4. The van der Waals surface area contributed by atoms with E-state index in [0.29, 0.717) is 11.3 Å². The Morgan fingerprint density at radius 2 is 1.79 bits per heavy atom. The van der Waals surface area contributed by atoms with Gasteiger partial charge in [-0.05, 0) is 18.2 Å². The molecule has 0 radical (unpaired) electrons. The molecule has 10 nitrogen and oxygen atoms in total. The van der Waals surface area contributed by atoms with Crippen LogP contribution in [0.5, 0.6) is 5.75 Å². The van der Waals surface area contributed by atoms with Crippen molar-refractivity contribution < 1.29 is 24.6 Å². The van der Waals surface area contributed by atoms with Gasteiger partial charge in [0.25, 0.3) is 5.91 Å². The van der Waals surface area contributed by atoms with Crippen LogP contribution in [0.15, 0.2) is 53.6 Å². The fourth-order valence-electron chi connectivity index (χ4n) is 2.87. The van der Waals surface area contributed by atoms with Gasteiger partial charge in [0.15, 0.2) is 5.60 Å². The first-order chi connectivity index (χ1) is 13.4. The summed E-state index contributed by atoms with van der Waals surface area (Å²) in [5.41, 5.74) is 2.58. The normalized spacial score (nSPS) is 18.2. The smallest absolute Gasteiger partial charge is 0.330 e. The van der Waals surface area contributed by atoms with Crippen LogP contribution in [0.4, 0.5) is 5.69 Å². The molecule has 28 heavy (non-hydrogen) atoms. The number of carbonyl (C=O) groups excluding carboxylic acids is 3. The molecule has 2 aromatic rings. The number of hydrogen-bond acceptors (Lipinski definition) is 7. The predicted octanol–water partition coefficient (Wildman–Crippen LogP) is -0.568. The largest absolute Gasteiger partial charge is 0.507 e. The van der Waals surface area contributed by atoms with Crippen molar-refractivity contribution in [1.82, 2.24) is 10.9 Å². The van der Waals surface area contributed by atoms with E-state index in [1.807, 2.05) is 5.43 Å². The minimum atomic E-state index is -1.99. The molecule has 0 aliphatic carbocycles. The summed E-state index contributed by atoms with van der Waals surface area (Å²) in [5.74, 6) is 1.74. The Morgan fingerprint density at radius 3 is 2.50 bits per heavy atom. The Balaban J connectivity index is 2.01. The van der Waals surface area contributed by atoms with E-state index in [0.717, 1.165) is 0 Å². The molecular weight excluding hydrogens is 366 g/mol. The Kier molecular flexibility index (Phi) is 5.07. The maximum Gasteiger partial charge on any atom is 0.330 e. The first kappa shape index (κ1) is 19.0. The summed E-state index contributed by atoms with van der Waals surface area (Å²) >= 11 is 0. The fraction of sp³-hybridized carbons (Fsp3) is 0.111. The van der Waals surface area contributed by atoms with Crippen LogP contribution < -0.4 is 22.0 Å². The lowest BCUT2D eigenvalue weighted by molar-refractivity contribution is -0.139. The third-order valence-corrected chi connectivity index (χ3v) is 4.26. The van der Waals surface area contributed by atoms with Crippen LogP contribution in [0.25, 0.3) is 0 Å². The molecule has 1 aliphatic heterocycles. The van der Waals surface area contributed by atoms with Crippen molar-refractivity contribution in [2.75, 3.05) is 5.32 Å². The van der Waals surface area contributed by atoms with Crippen molar-refractivity contribution in [2.45, 2.75) is 12.0 Å². The fourth-order valence-corrected chi connectivity index (χ4v) is 2.87. The van der Waals surface area contributed by atoms with E-state index in [9.17, 15) is 24.6 Å². The average molecular weight is 383 g/mol. The summed E-state index contributed by atoms with van der Waals surface area (Å²) in [7, 11) is 0. The summed E-state index contributed by atoms with van der Waals surface area (Å²) in [4.78, 5) is 35.4. The number of amides is 3. The molecule has 1 heterocycles. The van der Waals surface area contributed by atoms with Crippen LogP contribution in [-0.2, 0) is 20.0 Å². The summed E-state index contributed by atoms with van der Waals surface area (Å²) in [6, 6.07) is 12.6. The molecule has 1 unspecified atom stereocenters. The van der Waals surface area contributed by atoms with Gasteiger partial charge < -0.3 is 15.5 Å². The molecular formula is C18H17N5O5. The Hall–Kier alpha value is -3.76. The molecule has 7 N–H and O–H groups in total. The number of phenolic OH excluding ortho intramolecular Hbond substituents is 1. The van der Waals surface area contributed by atoms with Gasteiger partial charge in [0.1, 0.15) is 5.75 Å². The molecule has 3 rings (SSSR count). The molecule has 0 saturated carbocycles. The number of fused-ring (bicyclic) bond motifs is 1. The molecule has 2 aromatic carbocycles. The summed E-state index contributed by atoms with van der Waals surface area (Å²) < 4.78 is 0. The number of nitrogens with two attached hydrogens (primary N) is 1. The third kappa shape index (κ3) is 3.41. The molecule has 1 atom stereocenters. The molecule has 10 heteroatoms. The number of aliphatic hydroxyl groups is 1. The van der Waals surface area contributed by atoms with Gasteiger partial charge >= 0.3 is 11.8 Å². The van der Waals surface area contributed by atoms with E-state index in [2.05, 4.69) is 10.4 Å². The van der Waals surface area contributed by atoms with E-state index >= 15 is 0 Å². The summed E-state index contributed by atoms with van der Waals surface area (Å²) in [6.45, 7) is 0. The molecule has 0 spiro atoms. The number of benzene rings is 2. The number of phenols is 1. The second kappa shape index (κ2) is 7.47. The van der Waals surface area contributed by atoms with Crippen molar-refractivity contribution in [3.05, 3.63) is 59.7 Å². The van der Waals surface area contributed by atoms with Gasteiger partial charge in [-0.3, -0.25) is 19.8 Å². The minimum Gasteiger partial charge on any atom is -0.507 e. The van der Waals surface area contributed by atoms with E-state index in [4.69, 9.17) is 5.84 Å². The van der Waals surface area contributed by atoms with Crippen LogP contribution in [0.2, 0.25) is 0 Å². The van der Waals surface area contributed by atoms with Gasteiger partial charge in [0.05, 0.1) is 5.71 Å². The topological polar surface area (TPSA) is 166 Å². The molecule has 144 valence electrons. The zero-order valence-corrected chi connectivity index (χ0v) is 14.5. The van der Waals surface area contributed by atoms with Crippen LogP contribution in [0.1, 0.15) is 17.5 Å². The number of hydrogen-bond donors (Lipinski definition) is 6. The Morgan fingerprint density at radius 1 is 1.11 bits per heavy atom. The van der Waals surface area contributed by atoms with Crippen molar-refractivity contribution in [3.63, 3.8) is 0 Å². The highest BCUT2D eigenvalue weighted by atomic mass is 16.3. The van der Waals surface area contributed by atoms with Crippen LogP contribution in [-0.4, -0.2) is 33.6 Å². The number of hydrazine groups is 1. The molecule has 0 aromatic heterocycles. The maximum atomic E-state index is 12.5. The second-order valence-corrected chi connectivity index (χ2v) is 6.03. The average Bonchev–Trinajstić information content (AvgIpc) is 2.95. The third-order valence-electron chi connectivity index (χ3n) is 4.26. The lowest BCUT2D eigenvalue weighted by Crippen LogP contribution is -2.42. The van der Waals surface area contributed by atoms with Crippen molar-refractivity contribution in [3.8, 4) is 5.75 Å². The van der Waals surface area contributed by atoms with E-state index in [1.165, 1.54) is 12.1 Å². The van der Waals surface area contributed by atoms with Crippen LogP contribution in [0, 0.1) is 0 Å². The van der Waals surface area contributed by atoms with Crippen molar-refractivity contribution >= 4 is 29.1 Å². The summed E-state index contributed by atoms with van der Waals surface area (Å²) in [5, 5.41) is 27.6. The molecule has 3 amide bonds. The number of para-hydroxylation sites is 2. The van der Waals surface area contributed by atoms with Crippen molar-refractivity contribution in [2.24, 2.45) is 10.9 Å². The van der Waals surface area contributed by atoms with E-state index in [1.54, 1.807) is 41.8 Å². The molecule has 1 aliphatic rings. The van der Waals surface area contributed by atoms with Gasteiger partial charge in [0, 0.05) is 23.2 Å². The van der Waals surface area contributed by atoms with Crippen LogP contribution >= 0.6 is 0 Å². The van der Waals surface area contributed by atoms with Gasteiger partial charge in [-0.25, -0.2) is 11.3 Å². The number of carbonyl (C=O) groups is 3. The zero-order valence-electron chi connectivity index (χ0n) is 14.5. The molecule has 0 saturated heterocycles. The van der Waals surface area contributed by atoms with Crippen LogP contribution in [0.3, 0.4) is 0 Å². The number of nitrogens with one attached hydrogen (secondary N) is 3. The van der Waals surface area contributed by atoms with E-state index < -0.39 is 23.3 Å². The SMILES string of the molecule is NNC(=O)C(=O)N/N=C(\CC1(O)C(=O)Nc2ccccc21)c1ccccc1O. The lowest BCUT2D eigenvalue weighted by Gasteiger charge is -2.22. The number of nitrogens with zero attached hydrogens (tertiary/aromatic N) is 1. The maximum absolute atomic E-state index is 12.5. The minimum absolute atomic E-state index is 0.0226. The van der Waals surface area contributed by atoms with Gasteiger partial charge in [0.2, 0.25) is 0 Å². The van der Waals surface area contributed by atoms with Gasteiger partial charge in [-0.1, -0.05) is 30.3 Å². The highest BCUT2D eigenvalue weighted by molar-refractivity contribution is 6.35. The second-order valence-electron chi connectivity index (χ2n) is 6.03. The standard InChI is InChI=1S/C18H17N5O5/c19-21-15(25)16(26)23-22-13(10-5-1-4-8-14(10)24)9-18(28)11-6-2-3-7-12(11)20-17(18)27/h1-8,24,28H,9,19H2,(H,20,27)(H,21,25)(H,23,26)/b22-13+. The summed E-state index contributed by atoms with van der Waals surface area (Å²) in [6.07, 6.45) is -0.377. The lowest BCUT2D eigenvalue weighted by atomic mass is 9.87. The highest BCUT2D eigenvalue weighted by Gasteiger charge is 2.46. The van der Waals surface area contributed by atoms with Crippen molar-refractivity contribution in [1.29, 1.82) is 0 Å². The number of anilines is 1. The molecule has 0 fully saturated rings. The Labute approximate surface area is 159 Å². The van der Waals surface area contributed by atoms with Gasteiger partial charge in [-0.2, -0.15) is 5.10 Å². The Bertz CT molecular complexity index is 990. The predicted molar refractivity (Wildman–Crippen MR) is 98.7 cm³/mol.